The maximum absolute atomic E-state index is 11.8. The van der Waals surface area contributed by atoms with E-state index in [-0.39, 0.29) is 11.9 Å². The van der Waals surface area contributed by atoms with Crippen LogP contribution in [0.25, 0.3) is 0 Å². The zero-order valence-electron chi connectivity index (χ0n) is 8.83. The second-order valence-corrected chi connectivity index (χ2v) is 6.52. The average Bonchev–Trinajstić information content (AvgIpc) is 2.80. The molecule has 0 aliphatic carbocycles. The minimum absolute atomic E-state index is 0.0372. The minimum Gasteiger partial charge on any atom is -0.354 e. The summed E-state index contributed by atoms with van der Waals surface area (Å²) in [5, 5.41) is 6.97. The molecule has 2 rings (SSSR count). The fraction of sp³-hybridized carbons (Fsp3) is 0.900. The smallest absolute Gasteiger partial charge is 0.238 e. The van der Waals surface area contributed by atoms with Crippen molar-refractivity contribution in [3.8, 4) is 0 Å². The van der Waals surface area contributed by atoms with Crippen LogP contribution < -0.4 is 10.6 Å². The highest BCUT2D eigenvalue weighted by molar-refractivity contribution is 8.00. The van der Waals surface area contributed by atoms with Crippen LogP contribution in [0.4, 0.5) is 0 Å². The molecular formula is C10H18N2OS2. The molecule has 3 nitrogen and oxygen atoms in total. The number of nitrogens with one attached hydrogen (secondary N) is 2. The van der Waals surface area contributed by atoms with Gasteiger partial charge in [0.1, 0.15) is 0 Å². The van der Waals surface area contributed by atoms with Gasteiger partial charge < -0.3 is 10.6 Å². The number of amides is 1. The van der Waals surface area contributed by atoms with E-state index in [1.807, 2.05) is 23.5 Å². The number of rotatable bonds is 3. The number of thioether (sulfide) groups is 2. The minimum atomic E-state index is 0.0372. The second kappa shape index (κ2) is 6.01. The Balaban J connectivity index is 1.66. The van der Waals surface area contributed by atoms with E-state index >= 15 is 0 Å². The first-order valence-electron chi connectivity index (χ1n) is 5.57. The van der Waals surface area contributed by atoms with E-state index in [0.29, 0.717) is 5.25 Å². The van der Waals surface area contributed by atoms with Gasteiger partial charge in [0.05, 0.1) is 6.04 Å². The molecule has 0 aromatic carbocycles. The summed E-state index contributed by atoms with van der Waals surface area (Å²) < 4.78 is 0. The lowest BCUT2D eigenvalue weighted by atomic mass is 10.2. The van der Waals surface area contributed by atoms with Crippen LogP contribution in [-0.4, -0.2) is 47.5 Å². The van der Waals surface area contributed by atoms with Crippen LogP contribution in [0.1, 0.15) is 12.8 Å². The first-order valence-corrected chi connectivity index (χ1v) is 7.77. The quantitative estimate of drug-likeness (QED) is 0.769. The molecule has 0 bridgehead atoms. The normalized spacial score (nSPS) is 31.5. The molecule has 2 fully saturated rings. The van der Waals surface area contributed by atoms with Crippen molar-refractivity contribution >= 4 is 29.4 Å². The zero-order valence-corrected chi connectivity index (χ0v) is 10.5. The molecule has 2 aliphatic rings. The molecule has 15 heavy (non-hydrogen) atoms. The summed E-state index contributed by atoms with van der Waals surface area (Å²) in [7, 11) is 0. The molecule has 0 radical (unpaired) electrons. The SMILES string of the molecule is O=C(NCC1CCCS1)C1CSCCN1. The molecule has 0 saturated carbocycles. The predicted molar refractivity (Wildman–Crippen MR) is 67.6 cm³/mol. The molecule has 0 aromatic rings. The third kappa shape index (κ3) is 3.57. The van der Waals surface area contributed by atoms with Gasteiger partial charge in [0, 0.05) is 29.8 Å². The Bertz CT molecular complexity index is 213. The van der Waals surface area contributed by atoms with Crippen molar-refractivity contribution in [3.63, 3.8) is 0 Å². The first-order chi connectivity index (χ1) is 7.36. The monoisotopic (exact) mass is 246 g/mol. The fourth-order valence-electron chi connectivity index (χ4n) is 1.88. The van der Waals surface area contributed by atoms with Crippen molar-refractivity contribution in [2.24, 2.45) is 0 Å². The maximum Gasteiger partial charge on any atom is 0.238 e. The molecule has 5 heteroatoms. The largest absolute Gasteiger partial charge is 0.354 e. The third-order valence-corrected chi connectivity index (χ3v) is 5.23. The van der Waals surface area contributed by atoms with E-state index in [9.17, 15) is 4.79 Å². The maximum atomic E-state index is 11.8. The summed E-state index contributed by atoms with van der Waals surface area (Å²) in [5.74, 6) is 3.50. The number of hydrogen-bond acceptors (Lipinski definition) is 4. The second-order valence-electron chi connectivity index (χ2n) is 3.96. The molecule has 2 saturated heterocycles. The average molecular weight is 246 g/mol. The number of hydrogen-bond donors (Lipinski definition) is 2. The van der Waals surface area contributed by atoms with Crippen molar-refractivity contribution in [1.82, 2.24) is 10.6 Å². The van der Waals surface area contributed by atoms with Gasteiger partial charge in [-0.25, -0.2) is 0 Å². The lowest BCUT2D eigenvalue weighted by Crippen LogP contribution is -2.49. The Labute approximate surface area is 99.5 Å². The molecule has 2 atom stereocenters. The Morgan fingerprint density at radius 2 is 2.40 bits per heavy atom. The molecule has 1 amide bonds. The van der Waals surface area contributed by atoms with E-state index < -0.39 is 0 Å². The molecule has 86 valence electrons. The molecule has 2 N–H and O–H groups in total. The van der Waals surface area contributed by atoms with Gasteiger partial charge in [0.15, 0.2) is 0 Å². The Morgan fingerprint density at radius 1 is 1.47 bits per heavy atom. The molecule has 0 aromatic heterocycles. The molecule has 2 aliphatic heterocycles. The number of carbonyl (C=O) groups excluding carboxylic acids is 1. The van der Waals surface area contributed by atoms with E-state index in [1.54, 1.807) is 0 Å². The van der Waals surface area contributed by atoms with Crippen molar-refractivity contribution in [2.45, 2.75) is 24.1 Å². The van der Waals surface area contributed by atoms with Crippen molar-refractivity contribution in [3.05, 3.63) is 0 Å². The van der Waals surface area contributed by atoms with Gasteiger partial charge in [-0.1, -0.05) is 0 Å². The lowest BCUT2D eigenvalue weighted by molar-refractivity contribution is -0.122. The van der Waals surface area contributed by atoms with E-state index in [1.165, 1.54) is 18.6 Å². The van der Waals surface area contributed by atoms with Gasteiger partial charge in [-0.15, -0.1) is 0 Å². The van der Waals surface area contributed by atoms with Crippen LogP contribution in [0.2, 0.25) is 0 Å². The van der Waals surface area contributed by atoms with E-state index in [2.05, 4.69) is 10.6 Å². The summed E-state index contributed by atoms with van der Waals surface area (Å²) in [6.07, 6.45) is 2.57. The van der Waals surface area contributed by atoms with Gasteiger partial charge in [-0.2, -0.15) is 23.5 Å². The highest BCUT2D eigenvalue weighted by Crippen LogP contribution is 2.25. The van der Waals surface area contributed by atoms with Crippen LogP contribution in [0.3, 0.4) is 0 Å². The van der Waals surface area contributed by atoms with Crippen molar-refractivity contribution < 1.29 is 4.79 Å². The van der Waals surface area contributed by atoms with Gasteiger partial charge in [-0.3, -0.25) is 4.79 Å². The third-order valence-electron chi connectivity index (χ3n) is 2.77. The summed E-state index contributed by atoms with van der Waals surface area (Å²) in [5.41, 5.74) is 0. The van der Waals surface area contributed by atoms with Gasteiger partial charge >= 0.3 is 0 Å². The van der Waals surface area contributed by atoms with Crippen LogP contribution in [0.5, 0.6) is 0 Å². The first kappa shape index (κ1) is 11.6. The molecule has 2 unspecified atom stereocenters. The molecule has 2 heterocycles. The Morgan fingerprint density at radius 3 is 3.07 bits per heavy atom. The van der Waals surface area contributed by atoms with Crippen LogP contribution in [0, 0.1) is 0 Å². The zero-order chi connectivity index (χ0) is 10.5. The Kier molecular flexibility index (Phi) is 4.65. The number of carbonyl (C=O) groups is 1. The highest BCUT2D eigenvalue weighted by Gasteiger charge is 2.22. The van der Waals surface area contributed by atoms with Crippen LogP contribution in [0.15, 0.2) is 0 Å². The topological polar surface area (TPSA) is 41.1 Å². The van der Waals surface area contributed by atoms with Gasteiger partial charge in [0.2, 0.25) is 5.91 Å². The Hall–Kier alpha value is 0.130. The highest BCUT2D eigenvalue weighted by atomic mass is 32.2. The fourth-order valence-corrected chi connectivity index (χ4v) is 4.01. The van der Waals surface area contributed by atoms with Crippen molar-refractivity contribution in [1.29, 1.82) is 0 Å². The van der Waals surface area contributed by atoms with E-state index in [4.69, 9.17) is 0 Å². The van der Waals surface area contributed by atoms with Crippen molar-refractivity contribution in [2.75, 3.05) is 30.3 Å². The van der Waals surface area contributed by atoms with E-state index in [0.717, 1.165) is 24.6 Å². The van der Waals surface area contributed by atoms with Crippen LogP contribution in [-0.2, 0) is 4.79 Å². The molecule has 0 spiro atoms. The molecular weight excluding hydrogens is 228 g/mol. The summed E-state index contributed by atoms with van der Waals surface area (Å²) >= 11 is 3.85. The summed E-state index contributed by atoms with van der Waals surface area (Å²) in [6, 6.07) is 0.0372. The van der Waals surface area contributed by atoms with Gasteiger partial charge in [0.25, 0.3) is 0 Å². The lowest BCUT2D eigenvalue weighted by Gasteiger charge is -2.22. The summed E-state index contributed by atoms with van der Waals surface area (Å²) in [4.78, 5) is 11.8. The standard InChI is InChI=1S/C10H18N2OS2/c13-10(9-7-14-5-3-11-9)12-6-8-2-1-4-15-8/h8-9,11H,1-7H2,(H,12,13). The van der Waals surface area contributed by atoms with Gasteiger partial charge in [-0.05, 0) is 18.6 Å². The summed E-state index contributed by atoms with van der Waals surface area (Å²) in [6.45, 7) is 1.81. The van der Waals surface area contributed by atoms with Crippen LogP contribution >= 0.6 is 23.5 Å². The predicted octanol–water partition coefficient (Wildman–Crippen LogP) is 0.703.